The summed E-state index contributed by atoms with van der Waals surface area (Å²) in [6.07, 6.45) is 11.1. The number of halogens is 2. The molecule has 2 aromatic heterocycles. The van der Waals surface area contributed by atoms with Crippen molar-refractivity contribution in [2.75, 3.05) is 0 Å². The first-order chi connectivity index (χ1) is 23.7. The Morgan fingerprint density at radius 3 is 1.33 bits per heavy atom. The van der Waals surface area contributed by atoms with Gasteiger partial charge < -0.3 is 14.9 Å². The van der Waals surface area contributed by atoms with Crippen LogP contribution in [0.4, 0.5) is 0 Å². The molecule has 0 unspecified atom stereocenters. The average Bonchev–Trinajstić information content (AvgIpc) is 3.76. The van der Waals surface area contributed by atoms with Crippen LogP contribution in [-0.2, 0) is 36.2 Å². The van der Waals surface area contributed by atoms with E-state index in [-0.39, 0.29) is 39.7 Å². The molecule has 0 saturated heterocycles. The third-order valence-corrected chi connectivity index (χ3v) is 9.06. The van der Waals surface area contributed by atoms with E-state index in [1.165, 1.54) is 128 Å². The van der Waals surface area contributed by atoms with Gasteiger partial charge in [-0.05, 0) is 36.1 Å². The van der Waals surface area contributed by atoms with Crippen LogP contribution in [0.25, 0.3) is 65.6 Å². The topological polar surface area (TPSA) is 25.8 Å². The first-order valence-corrected chi connectivity index (χ1v) is 21.2. The Balaban J connectivity index is 0.000000320. The summed E-state index contributed by atoms with van der Waals surface area (Å²) in [5.41, 5.74) is 9.97. The monoisotopic (exact) mass is 816 g/mol. The molecule has 6 heteroatoms. The molecule has 8 rings (SSSR count). The molecular formula is C46H48Cl2N2SiZr-4. The number of nitrogens with zero attached hydrogens (tertiary/aromatic N) is 2. The van der Waals surface area contributed by atoms with Crippen LogP contribution < -0.4 is 0 Å². The normalized spacial score (nSPS) is 10.1. The quantitative estimate of drug-likeness (QED) is 0.113. The number of hydrogen-bond donors (Lipinski definition) is 0. The molecule has 0 atom stereocenters. The Morgan fingerprint density at radius 1 is 0.519 bits per heavy atom. The van der Waals surface area contributed by atoms with Crippen molar-refractivity contribution in [2.24, 2.45) is 0 Å². The van der Waals surface area contributed by atoms with Gasteiger partial charge in [0.05, 0.1) is 11.0 Å². The van der Waals surface area contributed by atoms with Gasteiger partial charge in [0.15, 0.2) is 0 Å². The zero-order chi connectivity index (χ0) is 33.3. The SMILES string of the molecule is CCCCc1cc2ccc(-c3cccc4cccnc34)cc2[cH-]1.CCCCc1cc2ccc(-c3cccc4cccnc34)cc2[cH-]1.Cl.Cl.[CH3-].[CH3-].[Si]=[Zr]. The molecule has 0 fully saturated rings. The molecule has 0 spiro atoms. The van der Waals surface area contributed by atoms with Gasteiger partial charge in [0.1, 0.15) is 0 Å². The van der Waals surface area contributed by atoms with Gasteiger partial charge in [-0.15, -0.1) is 93.9 Å². The van der Waals surface area contributed by atoms with Crippen molar-refractivity contribution in [3.8, 4) is 22.3 Å². The maximum absolute atomic E-state index is 4.58. The van der Waals surface area contributed by atoms with Crippen molar-refractivity contribution < 1.29 is 23.3 Å². The van der Waals surface area contributed by atoms with Gasteiger partial charge in [-0.25, -0.2) is 0 Å². The number of hydrogen-bond acceptors (Lipinski definition) is 2. The first-order valence-electron chi connectivity index (χ1n) is 17.0. The van der Waals surface area contributed by atoms with E-state index in [4.69, 9.17) is 0 Å². The van der Waals surface area contributed by atoms with E-state index >= 15 is 0 Å². The molecule has 0 aliphatic heterocycles. The van der Waals surface area contributed by atoms with Gasteiger partial charge in [0, 0.05) is 23.2 Å². The van der Waals surface area contributed by atoms with E-state index < -0.39 is 0 Å². The number of pyridine rings is 2. The Labute approximate surface area is 340 Å². The minimum absolute atomic E-state index is 0. The van der Waals surface area contributed by atoms with Gasteiger partial charge in [-0.2, -0.15) is 12.1 Å². The Hall–Kier alpha value is -3.40. The first kappa shape index (κ1) is 44.8. The third kappa shape index (κ3) is 10.4. The zero-order valence-electron chi connectivity index (χ0n) is 30.7. The van der Waals surface area contributed by atoms with Gasteiger partial charge >= 0.3 is 30.2 Å². The Kier molecular flexibility index (Phi) is 18.9. The molecule has 0 N–H and O–H groups in total. The maximum atomic E-state index is 4.58. The van der Waals surface area contributed by atoms with Gasteiger partial charge in [0.2, 0.25) is 0 Å². The zero-order valence-corrected chi connectivity index (χ0v) is 35.7. The number of unbranched alkanes of at least 4 members (excludes halogenated alkanes) is 2. The van der Waals surface area contributed by atoms with E-state index in [0.717, 1.165) is 11.0 Å². The van der Waals surface area contributed by atoms with Crippen molar-refractivity contribution in [1.82, 2.24) is 9.97 Å². The Bertz CT molecular complexity index is 2120. The molecule has 0 saturated carbocycles. The van der Waals surface area contributed by atoms with E-state index in [1.54, 1.807) is 0 Å². The number of aromatic nitrogens is 2. The van der Waals surface area contributed by atoms with Crippen LogP contribution in [0.1, 0.15) is 50.7 Å². The summed E-state index contributed by atoms with van der Waals surface area (Å²) >= 11 is 1.36. The number of aryl methyl sites for hydroxylation is 2. The molecule has 268 valence electrons. The second-order valence-electron chi connectivity index (χ2n) is 12.4. The molecular weight excluding hydrogens is 771 g/mol. The van der Waals surface area contributed by atoms with E-state index in [2.05, 4.69) is 140 Å². The number of para-hydroxylation sites is 2. The minimum atomic E-state index is 0. The van der Waals surface area contributed by atoms with Crippen LogP contribution in [-0.4, -0.2) is 16.8 Å². The average molecular weight is 819 g/mol. The van der Waals surface area contributed by atoms with E-state index in [9.17, 15) is 0 Å². The van der Waals surface area contributed by atoms with Crippen LogP contribution in [0.2, 0.25) is 0 Å². The Morgan fingerprint density at radius 2 is 0.923 bits per heavy atom. The summed E-state index contributed by atoms with van der Waals surface area (Å²) < 4.78 is 0. The predicted octanol–water partition coefficient (Wildman–Crippen LogP) is 13.6. The summed E-state index contributed by atoms with van der Waals surface area (Å²) in [7, 11) is 0. The molecule has 52 heavy (non-hydrogen) atoms. The third-order valence-electron chi connectivity index (χ3n) is 9.06. The summed E-state index contributed by atoms with van der Waals surface area (Å²) in [5.74, 6) is 0. The van der Waals surface area contributed by atoms with E-state index in [1.807, 2.05) is 24.5 Å². The predicted molar refractivity (Wildman–Crippen MR) is 231 cm³/mol. The van der Waals surface area contributed by atoms with Crippen molar-refractivity contribution in [2.45, 2.75) is 52.4 Å². The van der Waals surface area contributed by atoms with Crippen LogP contribution in [0.15, 0.2) is 134 Å². The molecule has 2 radical (unpaired) electrons. The second-order valence-corrected chi connectivity index (χ2v) is 12.4. The fourth-order valence-corrected chi connectivity index (χ4v) is 6.60. The molecule has 0 aliphatic rings. The fourth-order valence-electron chi connectivity index (χ4n) is 6.60. The fraction of sp³-hybridized carbons (Fsp3) is 0.174. The summed E-state index contributed by atoms with van der Waals surface area (Å²) in [6.45, 7) is 7.55. The molecule has 0 bridgehead atoms. The summed E-state index contributed by atoms with van der Waals surface area (Å²) in [6, 6.07) is 43.9. The van der Waals surface area contributed by atoms with E-state index in [0.29, 0.717) is 0 Å². The molecule has 8 aromatic rings. The number of benzene rings is 4. The molecule has 0 amide bonds. The van der Waals surface area contributed by atoms with Crippen LogP contribution in [0.5, 0.6) is 0 Å². The number of fused-ring (bicyclic) bond motifs is 4. The van der Waals surface area contributed by atoms with Crippen LogP contribution in [0.3, 0.4) is 0 Å². The van der Waals surface area contributed by atoms with Crippen LogP contribution in [0, 0.1) is 14.9 Å². The van der Waals surface area contributed by atoms with Crippen molar-refractivity contribution in [3.05, 3.63) is 160 Å². The van der Waals surface area contributed by atoms with Crippen molar-refractivity contribution in [3.63, 3.8) is 0 Å². The summed E-state index contributed by atoms with van der Waals surface area (Å²) in [4.78, 5) is 9.17. The molecule has 2 nitrogen and oxygen atoms in total. The van der Waals surface area contributed by atoms with Crippen LogP contribution >= 0.6 is 24.8 Å². The standard InChI is InChI=1S/2C22H20N.2CH3.2ClH.Si.Zr/c2*1-2-3-6-16-13-18-10-11-19(15-20(18)14-16)21-9-4-7-17-8-5-12-23-22(17)21;;;;;;/h2*4-5,7-15H,2-3,6H2,1H3;2*1H3;2*1H;;/q4*-1;;;;. The number of rotatable bonds is 8. The van der Waals surface area contributed by atoms with Gasteiger partial charge in [0.25, 0.3) is 0 Å². The van der Waals surface area contributed by atoms with Crippen molar-refractivity contribution in [1.29, 1.82) is 0 Å². The molecule has 6 aromatic carbocycles. The molecule has 2 heterocycles. The van der Waals surface area contributed by atoms with Gasteiger partial charge in [-0.3, -0.25) is 9.97 Å². The second kappa shape index (κ2) is 22.0. The van der Waals surface area contributed by atoms with Gasteiger partial charge in [-0.1, -0.05) is 111 Å². The molecule has 0 aliphatic carbocycles. The summed E-state index contributed by atoms with van der Waals surface area (Å²) in [5, 5.41) is 7.73. The van der Waals surface area contributed by atoms with Crippen molar-refractivity contribution >= 4 is 75.0 Å².